The average Bonchev–Trinajstić information content (AvgIpc) is 0.835. The summed E-state index contributed by atoms with van der Waals surface area (Å²) in [4.78, 5) is 69.3. The second kappa shape index (κ2) is 79.8. The number of hydrogen-bond donors (Lipinski definition) is 3. The normalized spacial score (nSPS) is 9.94. The molecule has 136 heavy (non-hydrogen) atoms. The summed E-state index contributed by atoms with van der Waals surface area (Å²) >= 11 is 38.3. The smallest absolute Gasteiger partial charge is 0.512 e. The van der Waals surface area contributed by atoms with Gasteiger partial charge in [-0.3, -0.25) is 24.2 Å². The van der Waals surface area contributed by atoms with Crippen molar-refractivity contribution in [1.29, 1.82) is 5.26 Å². The Morgan fingerprint density at radius 1 is 0.368 bits per heavy atom. The summed E-state index contributed by atoms with van der Waals surface area (Å²) in [5.74, 6) is 0. The minimum Gasteiger partial charge on any atom is -0.512 e. The molecule has 11 aromatic rings. The third kappa shape index (κ3) is 52.7. The van der Waals surface area contributed by atoms with Crippen LogP contribution < -0.4 is 61.0 Å². The Hall–Kier alpha value is -9.05. The Bertz CT molecular complexity index is 4860. The molecular weight excluding hydrogens is 1870 g/mol. The van der Waals surface area contributed by atoms with Crippen molar-refractivity contribution in [1.82, 2.24) is 20.0 Å². The molecule has 0 atom stereocenters. The quantitative estimate of drug-likeness (QED) is 0.00628. The Kier molecular flexibility index (Phi) is 75.7. The largest absolute Gasteiger partial charge is 1.00 e. The van der Waals surface area contributed by atoms with Gasteiger partial charge < -0.3 is 76.6 Å². The van der Waals surface area contributed by atoms with Crippen LogP contribution in [0.1, 0.15) is 165 Å². The predicted octanol–water partition coefficient (Wildman–Crippen LogP) is 23.3. The number of nitrogens with two attached hydrogens (primary N) is 2. The molecule has 0 spiro atoms. The molecule has 0 aliphatic carbocycles. The summed E-state index contributed by atoms with van der Waals surface area (Å²) < 4.78 is 33.5. The predicted molar refractivity (Wildman–Crippen MR) is 561 cm³/mol. The molecule has 11 rings (SSSR count). The Balaban J connectivity index is 0. The number of alkyl halides is 2. The van der Waals surface area contributed by atoms with Crippen molar-refractivity contribution in [2.24, 2.45) is 11.5 Å². The van der Waals surface area contributed by atoms with Crippen molar-refractivity contribution in [3.63, 3.8) is 0 Å². The Labute approximate surface area is 868 Å². The maximum absolute atomic E-state index is 13.5. The first-order valence-corrected chi connectivity index (χ1v) is 46.5. The van der Waals surface area contributed by atoms with E-state index in [1.165, 1.54) is 42.7 Å². The number of benzene rings is 11. The molecule has 0 saturated heterocycles. The topological polar surface area (TPSA) is 248 Å². The first-order valence-electron chi connectivity index (χ1n) is 43.6. The van der Waals surface area contributed by atoms with Crippen molar-refractivity contribution >= 4 is 137 Å². The molecule has 0 bridgehead atoms. The van der Waals surface area contributed by atoms with Gasteiger partial charge in [-0.2, -0.15) is 0 Å². The first-order chi connectivity index (χ1) is 64.4. The van der Waals surface area contributed by atoms with Crippen LogP contribution in [-0.4, -0.2) is 146 Å². The number of rotatable bonds is 36. The van der Waals surface area contributed by atoms with Crippen LogP contribution in [0.4, 0.5) is 31.4 Å². The van der Waals surface area contributed by atoms with Gasteiger partial charge in [-0.15, -0.1) is 23.2 Å². The molecule has 0 heterocycles. The monoisotopic (exact) mass is 2000 g/mol. The number of anilines is 3. The molecule has 0 fully saturated rings. The van der Waals surface area contributed by atoms with E-state index in [9.17, 15) is 24.0 Å². The standard InChI is InChI=1S/C27H31ClN2O3.C23H21ClN2O2.C19H24ClNO2.C12H16O3.C8H8ClNO.C7H8ClN.C6H15N.CH2Cl2.CH5N.CN.CH4.B.Na/c1-4-32-26(33-5-2)23-15-11-21(12-16-23)19-30(20-22-13-17-24(28)18-14-22)27(31)29(3)25-9-7-6-8-10-25;1-25(22-5-3-2-4-6-22)23(28)26(16-19-11-13-21(24)14-12-19)15-18-7-9-20(17-27)10-8-18;1-3-22-19(23-4-2)17-9-5-15(6-10-17)13-21-14-16-7-11-18(20)12-8-16;1-3-14-12(15-4-2)11-7-5-10(9-13)6-8-11;1-10(8(9)11)7-5-3-2-4-6-7;8-7-3-1-6(5-9)2-4-7;1-4-7(5-2)6-3;2-1-3;2*1-2;;;/h6-18,26H,4-5,19-20H2,1-3H3;2-14,17H,15-16H2,1H3;5-12,19,21H,3-4,13-14H2,1-2H3;5-9,12H,3-4H2,1-2H3;2-6H,1H3;1-4H,5,9H2;4-6H2,1-3H3;1H2;2H2,1H3;;1H4;;/q;;;;;;;;;-1;;;+1. The van der Waals surface area contributed by atoms with Gasteiger partial charge in [-0.05, 0) is 204 Å². The number of hydrogen-bond acceptors (Lipinski definition) is 16. The van der Waals surface area contributed by atoms with E-state index in [2.05, 4.69) is 61.0 Å². The number of urea groups is 2. The molecule has 21 nitrogen and oxygen atoms in total. The van der Waals surface area contributed by atoms with E-state index in [0.717, 1.165) is 97.3 Å². The van der Waals surface area contributed by atoms with Crippen LogP contribution >= 0.6 is 81.2 Å². The van der Waals surface area contributed by atoms with Gasteiger partial charge in [0.15, 0.2) is 18.9 Å². The summed E-state index contributed by atoms with van der Waals surface area (Å²) in [5, 5.41) is 12.3. The SMILES string of the molecule is C.CCN(CC)CC.CCOC(OCC)c1ccc(C=O)cc1.CCOC(OCC)c1ccc(CN(Cc2ccc(Cl)cc2)C(=O)N(C)c2ccccc2)cc1.CCOC(OCC)c1ccc(CNCc2ccc(Cl)cc2)cc1.CN.CN(C(=O)Cl)c1ccccc1.CN(C(=O)N(Cc1ccc(Cl)cc1)Cc1ccc(C=O)cc1)c1ccccc1.ClCCl.NCc1ccc(Cl)cc1.[B].[C-]#N.[Na+]. The van der Waals surface area contributed by atoms with Crippen LogP contribution in [0.3, 0.4) is 0 Å². The molecule has 30 heteroatoms. The number of amides is 5. The molecule has 3 radical (unpaired) electrons. The zero-order valence-corrected chi connectivity index (χ0v) is 87.3. The van der Waals surface area contributed by atoms with Gasteiger partial charge in [-0.1, -0.05) is 275 Å². The van der Waals surface area contributed by atoms with Crippen molar-refractivity contribution in [2.75, 3.05) is 108 Å². The summed E-state index contributed by atoms with van der Waals surface area (Å²) in [7, 11) is 6.69. The number of ether oxygens (including phenoxy) is 6. The number of nitrogens with one attached hydrogen (secondary N) is 1. The van der Waals surface area contributed by atoms with Gasteiger partial charge in [0.1, 0.15) is 12.6 Å². The molecule has 0 aromatic heterocycles. The fourth-order valence-corrected chi connectivity index (χ4v) is 12.6. The third-order valence-electron chi connectivity index (χ3n) is 19.1. The second-order valence-corrected chi connectivity index (χ2v) is 31.0. The second-order valence-electron chi connectivity index (χ2n) is 28.1. The van der Waals surface area contributed by atoms with E-state index >= 15 is 0 Å². The van der Waals surface area contributed by atoms with Crippen LogP contribution in [0.5, 0.6) is 0 Å². The summed E-state index contributed by atoms with van der Waals surface area (Å²) in [5.41, 5.74) is 24.1. The van der Waals surface area contributed by atoms with Crippen LogP contribution in [-0.2, 0) is 74.2 Å². The van der Waals surface area contributed by atoms with E-state index in [4.69, 9.17) is 127 Å². The third-order valence-corrected chi connectivity index (χ3v) is 20.3. The molecule has 0 unspecified atom stereocenters. The Morgan fingerprint density at radius 3 is 0.809 bits per heavy atom. The molecule has 0 aliphatic rings. The van der Waals surface area contributed by atoms with Gasteiger partial charge >= 0.3 is 47.0 Å². The average molecular weight is 2010 g/mol. The molecule has 0 aliphatic heterocycles. The molecular formula is C106H134BCl7N10NaO11. The van der Waals surface area contributed by atoms with E-state index in [1.807, 2.05) is 283 Å². The van der Waals surface area contributed by atoms with Gasteiger partial charge in [0.25, 0.3) is 0 Å². The number of nitrogens with zero attached hydrogens (tertiary/aromatic N) is 7. The molecule has 0 saturated carbocycles. The van der Waals surface area contributed by atoms with E-state index in [-0.39, 0.29) is 81.7 Å². The van der Waals surface area contributed by atoms with Crippen LogP contribution in [0.15, 0.2) is 285 Å². The zero-order valence-electron chi connectivity index (χ0n) is 80.0. The fraction of sp³-hybridized carbons (Fsp3) is 0.321. The van der Waals surface area contributed by atoms with Crippen LogP contribution in [0.2, 0.25) is 20.1 Å². The van der Waals surface area contributed by atoms with E-state index in [1.54, 1.807) is 60.1 Å². The maximum Gasteiger partial charge on any atom is 1.00 e. The minimum atomic E-state index is -0.476. The number of aldehydes is 2. The van der Waals surface area contributed by atoms with E-state index < -0.39 is 5.37 Å². The summed E-state index contributed by atoms with van der Waals surface area (Å²) in [6, 6.07) is 89.5. The molecule has 11 aromatic carbocycles. The van der Waals surface area contributed by atoms with Gasteiger partial charge in [0.05, 0.1) is 5.34 Å². The molecule has 5 N–H and O–H groups in total. The Morgan fingerprint density at radius 2 is 0.581 bits per heavy atom. The van der Waals surface area contributed by atoms with Crippen molar-refractivity contribution in [3.8, 4) is 0 Å². The maximum atomic E-state index is 13.5. The number of para-hydroxylation sites is 3. The minimum absolute atomic E-state index is 0. The summed E-state index contributed by atoms with van der Waals surface area (Å²) in [6.45, 7) is 34.2. The van der Waals surface area contributed by atoms with Crippen LogP contribution in [0, 0.1) is 11.8 Å². The zero-order chi connectivity index (χ0) is 98.5. The number of carbonyl (C=O) groups excluding carboxylic acids is 5. The van der Waals surface area contributed by atoms with E-state index in [0.29, 0.717) is 93.5 Å². The number of halogens is 7. The van der Waals surface area contributed by atoms with Gasteiger partial charge in [0.2, 0.25) is 0 Å². The van der Waals surface area contributed by atoms with Gasteiger partial charge in [0, 0.05) is 180 Å². The van der Waals surface area contributed by atoms with Gasteiger partial charge in [-0.25, -0.2) is 9.59 Å². The molecule has 727 valence electrons. The number of carbonyl (C=O) groups is 5. The first kappa shape index (κ1) is 129. The van der Waals surface area contributed by atoms with Crippen molar-refractivity contribution in [3.05, 3.63) is 379 Å². The fourth-order valence-electron chi connectivity index (χ4n) is 12.0. The van der Waals surface area contributed by atoms with Crippen molar-refractivity contribution in [2.45, 2.75) is 134 Å². The molecule has 5 amide bonds. The van der Waals surface area contributed by atoms with Crippen molar-refractivity contribution < 1.29 is 82.0 Å². The van der Waals surface area contributed by atoms with Crippen LogP contribution in [0.25, 0.3) is 0 Å². The summed E-state index contributed by atoms with van der Waals surface area (Å²) in [6.07, 6.45) is 0.635.